The first-order valence-corrected chi connectivity index (χ1v) is 9.31. The van der Waals surface area contributed by atoms with Gasteiger partial charge in [-0.05, 0) is 52.0 Å². The minimum absolute atomic E-state index is 0.145. The third kappa shape index (κ3) is 3.11. The van der Waals surface area contributed by atoms with Gasteiger partial charge in [0.05, 0.1) is 18.3 Å². The van der Waals surface area contributed by atoms with Gasteiger partial charge in [0.15, 0.2) is 5.82 Å². The van der Waals surface area contributed by atoms with Gasteiger partial charge in [0.25, 0.3) is 0 Å². The molecule has 2 aromatic heterocycles. The lowest BCUT2D eigenvalue weighted by atomic mass is 10.0. The van der Waals surface area contributed by atoms with Gasteiger partial charge in [0, 0.05) is 19.9 Å². The van der Waals surface area contributed by atoms with E-state index in [4.69, 9.17) is 14.2 Å². The average molecular weight is 345 g/mol. The summed E-state index contributed by atoms with van der Waals surface area (Å²) in [6.07, 6.45) is 7.00. The van der Waals surface area contributed by atoms with Gasteiger partial charge >= 0.3 is 0 Å². The Hall–Kier alpha value is -1.73. The second kappa shape index (κ2) is 6.88. The summed E-state index contributed by atoms with van der Waals surface area (Å²) in [6, 6.07) is 0.339. The second-order valence-electron chi connectivity index (χ2n) is 7.18. The van der Waals surface area contributed by atoms with Gasteiger partial charge in [0.2, 0.25) is 5.89 Å². The van der Waals surface area contributed by atoms with Crippen LogP contribution in [0.5, 0.6) is 0 Å². The summed E-state index contributed by atoms with van der Waals surface area (Å²) in [7, 11) is 3.83. The fourth-order valence-corrected chi connectivity index (χ4v) is 4.09. The van der Waals surface area contributed by atoms with E-state index < -0.39 is 0 Å². The fraction of sp³-hybridized carbons (Fsp3) is 0.722. The maximum absolute atomic E-state index is 5.44. The van der Waals surface area contributed by atoms with Crippen LogP contribution in [0.2, 0.25) is 0 Å². The number of aromatic nitrogens is 4. The summed E-state index contributed by atoms with van der Waals surface area (Å²) < 4.78 is 13.0. The van der Waals surface area contributed by atoms with Crippen LogP contribution in [0.3, 0.4) is 0 Å². The molecule has 1 aliphatic heterocycles. The lowest BCUT2D eigenvalue weighted by Gasteiger charge is -2.22. The summed E-state index contributed by atoms with van der Waals surface area (Å²) >= 11 is 0. The molecule has 2 aliphatic rings. The summed E-state index contributed by atoms with van der Waals surface area (Å²) in [6.45, 7) is 3.64. The number of hydrogen-bond donors (Lipinski definition) is 0. The Morgan fingerprint density at radius 3 is 2.88 bits per heavy atom. The summed E-state index contributed by atoms with van der Waals surface area (Å²) in [5.41, 5.74) is 2.74. The number of methoxy groups -OCH3 is 1. The molecule has 2 unspecified atom stereocenters. The monoisotopic (exact) mass is 345 g/mol. The molecule has 0 spiro atoms. The first kappa shape index (κ1) is 16.7. The summed E-state index contributed by atoms with van der Waals surface area (Å²) in [4.78, 5) is 11.9. The van der Waals surface area contributed by atoms with Crippen molar-refractivity contribution < 1.29 is 9.26 Å². The second-order valence-corrected chi connectivity index (χ2v) is 7.18. The van der Waals surface area contributed by atoms with Gasteiger partial charge in [0.1, 0.15) is 11.9 Å². The molecule has 0 bridgehead atoms. The zero-order chi connectivity index (χ0) is 17.4. The van der Waals surface area contributed by atoms with Crippen molar-refractivity contribution in [2.75, 3.05) is 13.7 Å². The highest BCUT2D eigenvalue weighted by molar-refractivity contribution is 5.22. The molecule has 1 fully saturated rings. The Morgan fingerprint density at radius 2 is 2.08 bits per heavy atom. The third-order valence-electron chi connectivity index (χ3n) is 5.61. The molecular formula is C18H27N5O2. The van der Waals surface area contributed by atoms with Gasteiger partial charge in [-0.2, -0.15) is 4.98 Å². The van der Waals surface area contributed by atoms with Crippen molar-refractivity contribution >= 4 is 0 Å². The van der Waals surface area contributed by atoms with E-state index in [1.807, 2.05) is 6.92 Å². The van der Waals surface area contributed by atoms with Gasteiger partial charge < -0.3 is 13.8 Å². The number of aryl methyl sites for hydroxylation is 1. The normalized spacial score (nSPS) is 22.3. The van der Waals surface area contributed by atoms with Crippen LogP contribution in [0.25, 0.3) is 0 Å². The van der Waals surface area contributed by atoms with Gasteiger partial charge in [-0.15, -0.1) is 0 Å². The smallest absolute Gasteiger partial charge is 0.240 e. The van der Waals surface area contributed by atoms with Gasteiger partial charge in [-0.1, -0.05) is 5.16 Å². The average Bonchev–Trinajstić information content (AvgIpc) is 3.35. The number of fused-ring (bicyclic) bond motifs is 1. The van der Waals surface area contributed by atoms with Crippen LogP contribution in [0, 0.1) is 0 Å². The molecule has 7 nitrogen and oxygen atoms in total. The molecule has 4 rings (SSSR count). The molecular weight excluding hydrogens is 318 g/mol. The molecule has 0 amide bonds. The zero-order valence-electron chi connectivity index (χ0n) is 15.4. The molecule has 1 saturated heterocycles. The Labute approximate surface area is 148 Å². The topological polar surface area (TPSA) is 69.2 Å². The first-order valence-electron chi connectivity index (χ1n) is 9.31. The highest BCUT2D eigenvalue weighted by Crippen LogP contribution is 2.34. The number of rotatable bonds is 5. The SMILES string of the molecule is COC(C)c1noc(CN2CCCC2c2nc3c(n2C)CCCC3)n1. The van der Waals surface area contributed by atoms with Crippen LogP contribution in [-0.4, -0.2) is 38.2 Å². The van der Waals surface area contributed by atoms with Crippen LogP contribution in [0.1, 0.15) is 73.7 Å². The molecule has 25 heavy (non-hydrogen) atoms. The molecule has 2 aromatic rings. The van der Waals surface area contributed by atoms with Crippen LogP contribution < -0.4 is 0 Å². The number of ether oxygens (including phenoxy) is 1. The zero-order valence-corrected chi connectivity index (χ0v) is 15.4. The highest BCUT2D eigenvalue weighted by atomic mass is 16.5. The fourth-order valence-electron chi connectivity index (χ4n) is 4.09. The van der Waals surface area contributed by atoms with Crippen molar-refractivity contribution in [1.82, 2.24) is 24.6 Å². The van der Waals surface area contributed by atoms with Crippen molar-refractivity contribution in [3.8, 4) is 0 Å². The Bertz CT molecular complexity index is 738. The predicted molar refractivity (Wildman–Crippen MR) is 92.0 cm³/mol. The minimum Gasteiger partial charge on any atom is -0.374 e. The lowest BCUT2D eigenvalue weighted by Crippen LogP contribution is -2.25. The number of imidazole rings is 1. The molecule has 0 N–H and O–H groups in total. The van der Waals surface area contributed by atoms with E-state index in [1.165, 1.54) is 36.5 Å². The van der Waals surface area contributed by atoms with Crippen LogP contribution >= 0.6 is 0 Å². The van der Waals surface area contributed by atoms with Crippen molar-refractivity contribution in [2.45, 2.75) is 64.1 Å². The Morgan fingerprint density at radius 1 is 1.24 bits per heavy atom. The van der Waals surface area contributed by atoms with E-state index in [9.17, 15) is 0 Å². The first-order chi connectivity index (χ1) is 12.2. The standard InChI is InChI=1S/C18H27N5O2/c1-12(24-3)17-20-16(25-21-17)11-23-10-6-9-15(23)18-19-13-7-4-5-8-14(13)22(18)2/h12,15H,4-11H2,1-3H3. The van der Waals surface area contributed by atoms with Crippen LogP contribution in [0.15, 0.2) is 4.52 Å². The van der Waals surface area contributed by atoms with Crippen molar-refractivity contribution in [1.29, 1.82) is 0 Å². The summed E-state index contributed by atoms with van der Waals surface area (Å²) in [5, 5.41) is 4.04. The van der Waals surface area contributed by atoms with Crippen molar-refractivity contribution in [3.05, 3.63) is 28.9 Å². The third-order valence-corrected chi connectivity index (χ3v) is 5.61. The minimum atomic E-state index is -0.145. The molecule has 0 saturated carbocycles. The van der Waals surface area contributed by atoms with Crippen LogP contribution in [-0.2, 0) is 31.2 Å². The van der Waals surface area contributed by atoms with E-state index in [2.05, 4.69) is 26.7 Å². The van der Waals surface area contributed by atoms with E-state index in [0.717, 1.165) is 25.8 Å². The quantitative estimate of drug-likeness (QED) is 0.830. The Balaban J connectivity index is 1.53. The molecule has 7 heteroatoms. The van der Waals surface area contributed by atoms with Crippen molar-refractivity contribution in [2.24, 2.45) is 7.05 Å². The molecule has 0 radical (unpaired) electrons. The molecule has 3 heterocycles. The predicted octanol–water partition coefficient (Wildman–Crippen LogP) is 2.73. The van der Waals surface area contributed by atoms with E-state index in [1.54, 1.807) is 7.11 Å². The number of hydrogen-bond acceptors (Lipinski definition) is 6. The molecule has 2 atom stereocenters. The number of nitrogens with zero attached hydrogens (tertiary/aromatic N) is 5. The van der Waals surface area contributed by atoms with Crippen molar-refractivity contribution in [3.63, 3.8) is 0 Å². The van der Waals surface area contributed by atoms with Crippen LogP contribution in [0.4, 0.5) is 0 Å². The molecule has 0 aromatic carbocycles. The largest absolute Gasteiger partial charge is 0.374 e. The summed E-state index contributed by atoms with van der Waals surface area (Å²) in [5.74, 6) is 2.47. The maximum atomic E-state index is 5.44. The number of likely N-dealkylation sites (tertiary alicyclic amines) is 1. The lowest BCUT2D eigenvalue weighted by molar-refractivity contribution is 0.109. The van der Waals surface area contributed by atoms with E-state index in [0.29, 0.717) is 24.3 Å². The van der Waals surface area contributed by atoms with E-state index in [-0.39, 0.29) is 6.10 Å². The van der Waals surface area contributed by atoms with Gasteiger partial charge in [-0.25, -0.2) is 4.98 Å². The van der Waals surface area contributed by atoms with E-state index >= 15 is 0 Å². The maximum Gasteiger partial charge on any atom is 0.240 e. The molecule has 1 aliphatic carbocycles. The highest BCUT2D eigenvalue weighted by Gasteiger charge is 2.32. The van der Waals surface area contributed by atoms with Gasteiger partial charge in [-0.3, -0.25) is 4.90 Å². The Kier molecular flexibility index (Phi) is 4.60. The molecule has 136 valence electrons.